The van der Waals surface area contributed by atoms with Crippen molar-refractivity contribution in [1.29, 1.82) is 0 Å². The normalized spacial score (nSPS) is 36.7. The predicted octanol–water partition coefficient (Wildman–Crippen LogP) is 2.57. The number of rotatable bonds is 3. The molecular weight excluding hydrogens is 188 g/mol. The van der Waals surface area contributed by atoms with Gasteiger partial charge in [-0.15, -0.1) is 0 Å². The van der Waals surface area contributed by atoms with Crippen molar-refractivity contribution in [2.75, 3.05) is 6.61 Å². The molecule has 0 aromatic carbocycles. The lowest BCUT2D eigenvalue weighted by atomic mass is 9.58. The molecule has 0 bridgehead atoms. The molecule has 1 aliphatic rings. The second-order valence-electron chi connectivity index (χ2n) is 5.11. The average Bonchev–Trinajstić information content (AvgIpc) is 2.14. The number of ketones is 1. The van der Waals surface area contributed by atoms with Crippen LogP contribution in [0.4, 0.5) is 0 Å². The van der Waals surface area contributed by atoms with E-state index in [0.717, 1.165) is 12.0 Å². The first-order valence-electron chi connectivity index (χ1n) is 5.72. The van der Waals surface area contributed by atoms with Crippen LogP contribution in [0.2, 0.25) is 0 Å². The van der Waals surface area contributed by atoms with E-state index in [0.29, 0.717) is 24.5 Å². The monoisotopic (exact) mass is 210 g/mol. The van der Waals surface area contributed by atoms with Crippen LogP contribution in [0.25, 0.3) is 0 Å². The first kappa shape index (κ1) is 12.4. The second kappa shape index (κ2) is 4.48. The summed E-state index contributed by atoms with van der Waals surface area (Å²) in [6, 6.07) is 0. The molecule has 0 aliphatic heterocycles. The fraction of sp³-hybridized carbons (Fsp3) is 0.769. The maximum Gasteiger partial charge on any atom is 0.136 e. The van der Waals surface area contributed by atoms with Crippen LogP contribution in [0, 0.1) is 17.3 Å². The third-order valence-electron chi connectivity index (χ3n) is 4.19. The van der Waals surface area contributed by atoms with E-state index >= 15 is 0 Å². The zero-order chi connectivity index (χ0) is 11.6. The number of allylic oxidation sites excluding steroid dienone is 1. The van der Waals surface area contributed by atoms with Crippen molar-refractivity contribution in [2.45, 2.75) is 40.0 Å². The summed E-state index contributed by atoms with van der Waals surface area (Å²) in [7, 11) is 0. The van der Waals surface area contributed by atoms with Gasteiger partial charge in [0, 0.05) is 18.9 Å². The van der Waals surface area contributed by atoms with E-state index in [1.54, 1.807) is 0 Å². The number of Topliss-reactive ketones (excluding diaryl/α,β-unsaturated/α-hetero) is 1. The van der Waals surface area contributed by atoms with Gasteiger partial charge in [-0.1, -0.05) is 26.0 Å². The highest BCUT2D eigenvalue weighted by Crippen LogP contribution is 2.48. The van der Waals surface area contributed by atoms with Crippen molar-refractivity contribution < 1.29 is 9.90 Å². The Labute approximate surface area is 92.4 Å². The number of carbonyl (C=O) groups is 1. The lowest BCUT2D eigenvalue weighted by Crippen LogP contribution is -2.43. The van der Waals surface area contributed by atoms with Gasteiger partial charge in [-0.25, -0.2) is 0 Å². The molecule has 86 valence electrons. The Morgan fingerprint density at radius 3 is 2.73 bits per heavy atom. The molecule has 0 spiro atoms. The van der Waals surface area contributed by atoms with Gasteiger partial charge in [0.25, 0.3) is 0 Å². The molecule has 0 aromatic heterocycles. The van der Waals surface area contributed by atoms with Crippen LogP contribution in [0.15, 0.2) is 12.2 Å². The predicted molar refractivity (Wildman–Crippen MR) is 61.5 cm³/mol. The maximum atomic E-state index is 11.7. The van der Waals surface area contributed by atoms with E-state index in [9.17, 15) is 4.79 Å². The van der Waals surface area contributed by atoms with E-state index < -0.39 is 0 Å². The Balaban J connectivity index is 2.98. The van der Waals surface area contributed by atoms with Crippen LogP contribution < -0.4 is 0 Å². The second-order valence-corrected chi connectivity index (χ2v) is 5.11. The smallest absolute Gasteiger partial charge is 0.136 e. The van der Waals surface area contributed by atoms with Crippen LogP contribution in [0.1, 0.15) is 40.0 Å². The molecule has 1 aliphatic carbocycles. The molecule has 0 saturated heterocycles. The van der Waals surface area contributed by atoms with E-state index in [-0.39, 0.29) is 17.9 Å². The molecule has 3 atom stereocenters. The molecule has 15 heavy (non-hydrogen) atoms. The standard InChI is InChI=1S/C13H22O2/c1-9(2)11-5-6-12(15)10(3)13(11,4)7-8-14/h10-11,14H,1,5-8H2,2-4H3/t10-,11-,13+/m1/s1. The van der Waals surface area contributed by atoms with Gasteiger partial charge in [0.05, 0.1) is 0 Å². The molecule has 0 amide bonds. The van der Waals surface area contributed by atoms with Crippen molar-refractivity contribution >= 4 is 5.78 Å². The summed E-state index contributed by atoms with van der Waals surface area (Å²) in [5.41, 5.74) is 1.04. The highest BCUT2D eigenvalue weighted by molar-refractivity contribution is 5.82. The highest BCUT2D eigenvalue weighted by Gasteiger charge is 2.45. The summed E-state index contributed by atoms with van der Waals surface area (Å²) in [5, 5.41) is 9.15. The summed E-state index contributed by atoms with van der Waals surface area (Å²) < 4.78 is 0. The van der Waals surface area contributed by atoms with Crippen molar-refractivity contribution in [3.8, 4) is 0 Å². The summed E-state index contributed by atoms with van der Waals surface area (Å²) >= 11 is 0. The van der Waals surface area contributed by atoms with Gasteiger partial charge in [0.1, 0.15) is 5.78 Å². The first-order valence-corrected chi connectivity index (χ1v) is 5.72. The number of aliphatic hydroxyl groups is 1. The molecule has 0 heterocycles. The number of hydrogen-bond donors (Lipinski definition) is 1. The van der Waals surface area contributed by atoms with Crippen molar-refractivity contribution in [1.82, 2.24) is 0 Å². The van der Waals surface area contributed by atoms with Crippen molar-refractivity contribution in [3.63, 3.8) is 0 Å². The van der Waals surface area contributed by atoms with Gasteiger partial charge in [0.15, 0.2) is 0 Å². The summed E-state index contributed by atoms with van der Waals surface area (Å²) in [5.74, 6) is 0.751. The van der Waals surface area contributed by atoms with Crippen LogP contribution in [-0.2, 0) is 4.79 Å². The maximum absolute atomic E-state index is 11.7. The van der Waals surface area contributed by atoms with Gasteiger partial charge < -0.3 is 5.11 Å². The Morgan fingerprint density at radius 1 is 1.67 bits per heavy atom. The van der Waals surface area contributed by atoms with Crippen LogP contribution in [-0.4, -0.2) is 17.5 Å². The number of aliphatic hydroxyl groups excluding tert-OH is 1. The summed E-state index contributed by atoms with van der Waals surface area (Å²) in [4.78, 5) is 11.7. The van der Waals surface area contributed by atoms with Gasteiger partial charge in [-0.3, -0.25) is 4.79 Å². The largest absolute Gasteiger partial charge is 0.396 e. The van der Waals surface area contributed by atoms with E-state index in [2.05, 4.69) is 13.5 Å². The molecule has 1 rings (SSSR count). The van der Waals surface area contributed by atoms with Crippen molar-refractivity contribution in [2.24, 2.45) is 17.3 Å². The molecule has 2 heteroatoms. The van der Waals surface area contributed by atoms with Crippen molar-refractivity contribution in [3.05, 3.63) is 12.2 Å². The molecule has 0 radical (unpaired) electrons. The van der Waals surface area contributed by atoms with Crippen LogP contribution in [0.5, 0.6) is 0 Å². The Bertz CT molecular complexity index is 270. The highest BCUT2D eigenvalue weighted by atomic mass is 16.3. The van der Waals surface area contributed by atoms with Gasteiger partial charge >= 0.3 is 0 Å². The average molecular weight is 210 g/mol. The minimum absolute atomic E-state index is 0.0418. The molecule has 0 aromatic rings. The zero-order valence-corrected chi connectivity index (χ0v) is 10.0. The van der Waals surface area contributed by atoms with Gasteiger partial charge in [0.2, 0.25) is 0 Å². The van der Waals surface area contributed by atoms with Gasteiger partial charge in [-0.05, 0) is 31.1 Å². The fourth-order valence-corrected chi connectivity index (χ4v) is 2.94. The van der Waals surface area contributed by atoms with E-state index in [4.69, 9.17) is 5.11 Å². The Morgan fingerprint density at radius 2 is 2.27 bits per heavy atom. The SMILES string of the molecule is C=C(C)[C@H]1CCC(=O)[C@@H](C)[C@]1(C)CCO. The lowest BCUT2D eigenvalue weighted by Gasteiger charge is -2.45. The minimum atomic E-state index is -0.101. The number of carbonyl (C=O) groups excluding carboxylic acids is 1. The third kappa shape index (κ3) is 2.15. The molecule has 1 N–H and O–H groups in total. The fourth-order valence-electron chi connectivity index (χ4n) is 2.94. The molecule has 0 unspecified atom stereocenters. The van der Waals surface area contributed by atoms with E-state index in [1.807, 2.05) is 13.8 Å². The quantitative estimate of drug-likeness (QED) is 0.727. The Kier molecular flexibility index (Phi) is 3.72. The number of hydrogen-bond acceptors (Lipinski definition) is 2. The molecular formula is C13H22O2. The van der Waals surface area contributed by atoms with E-state index in [1.165, 1.54) is 0 Å². The lowest BCUT2D eigenvalue weighted by molar-refractivity contribution is -0.132. The first-order chi connectivity index (χ1) is 6.93. The van der Waals surface area contributed by atoms with Crippen LogP contribution >= 0.6 is 0 Å². The van der Waals surface area contributed by atoms with Gasteiger partial charge in [-0.2, -0.15) is 0 Å². The molecule has 1 fully saturated rings. The summed E-state index contributed by atoms with van der Waals surface area (Å²) in [6.45, 7) is 10.3. The molecule has 2 nitrogen and oxygen atoms in total. The zero-order valence-electron chi connectivity index (χ0n) is 10.0. The van der Waals surface area contributed by atoms with Crippen LogP contribution in [0.3, 0.4) is 0 Å². The minimum Gasteiger partial charge on any atom is -0.396 e. The summed E-state index contributed by atoms with van der Waals surface area (Å²) in [6.07, 6.45) is 2.26. The Hall–Kier alpha value is -0.630. The molecule has 1 saturated carbocycles. The topological polar surface area (TPSA) is 37.3 Å². The third-order valence-corrected chi connectivity index (χ3v) is 4.19.